The van der Waals surface area contributed by atoms with Gasteiger partial charge in [-0.1, -0.05) is 29.8 Å². The first-order valence-corrected chi connectivity index (χ1v) is 14.8. The Morgan fingerprint density at radius 1 is 1.17 bits per heavy atom. The predicted molar refractivity (Wildman–Crippen MR) is 137 cm³/mol. The highest BCUT2D eigenvalue weighted by Crippen LogP contribution is 2.36. The minimum Gasteiger partial charge on any atom is -0.497 e. The van der Waals surface area contributed by atoms with Crippen molar-refractivity contribution in [3.8, 4) is 16.9 Å². The van der Waals surface area contributed by atoms with Crippen LogP contribution in [0.25, 0.3) is 11.1 Å². The van der Waals surface area contributed by atoms with Gasteiger partial charge in [-0.2, -0.15) is 4.31 Å². The number of piperidine rings is 1. The molecular weight excluding hydrogens is 531 g/mol. The van der Waals surface area contributed by atoms with Crippen molar-refractivity contribution in [2.45, 2.75) is 36.4 Å². The second-order valence-corrected chi connectivity index (χ2v) is 12.9. The number of benzene rings is 2. The van der Waals surface area contributed by atoms with Crippen molar-refractivity contribution in [2.24, 2.45) is 0 Å². The molecule has 1 N–H and O–H groups in total. The minimum atomic E-state index is -4.04. The average Bonchev–Trinajstić information content (AvgIpc) is 2.82. The van der Waals surface area contributed by atoms with Crippen molar-refractivity contribution >= 4 is 37.4 Å². The molecular formula is C24H28ClFN2O6S2. The molecule has 0 spiro atoms. The van der Waals surface area contributed by atoms with Crippen molar-refractivity contribution in [3.05, 3.63) is 59.0 Å². The van der Waals surface area contributed by atoms with Crippen molar-refractivity contribution < 1.29 is 30.8 Å². The summed E-state index contributed by atoms with van der Waals surface area (Å²) in [6.07, 6.45) is 1.56. The number of alkyl halides is 1. The number of carbonyl (C=O) groups is 1. The Morgan fingerprint density at radius 2 is 1.83 bits per heavy atom. The normalized spacial score (nSPS) is 17.6. The van der Waals surface area contributed by atoms with Crippen LogP contribution in [0.15, 0.2) is 58.8 Å². The van der Waals surface area contributed by atoms with Crippen LogP contribution in [0.5, 0.6) is 5.75 Å². The maximum absolute atomic E-state index is 15.4. The number of nitrogens with zero attached hydrogens (tertiary/aromatic N) is 1. The molecule has 0 aliphatic carbocycles. The Bertz CT molecular complexity index is 1370. The van der Waals surface area contributed by atoms with Gasteiger partial charge in [0, 0.05) is 54.2 Å². The largest absolute Gasteiger partial charge is 0.497 e. The Balaban J connectivity index is 1.81. The fourth-order valence-corrected chi connectivity index (χ4v) is 6.18. The van der Waals surface area contributed by atoms with E-state index < -0.39 is 37.5 Å². The molecule has 1 atom stereocenters. The third kappa shape index (κ3) is 6.64. The molecule has 3 rings (SSSR count). The number of sulfonamides is 1. The van der Waals surface area contributed by atoms with Crippen LogP contribution in [0.4, 0.5) is 4.39 Å². The number of ether oxygens (including phenoxy) is 1. The molecule has 1 heterocycles. The van der Waals surface area contributed by atoms with Gasteiger partial charge in [-0.05, 0) is 42.8 Å². The van der Waals surface area contributed by atoms with Crippen LogP contribution in [-0.2, 0) is 24.7 Å². The first-order valence-electron chi connectivity index (χ1n) is 11.1. The smallest absolute Gasteiger partial charge is 0.258 e. The summed E-state index contributed by atoms with van der Waals surface area (Å²) in [5.74, 6) is -0.449. The summed E-state index contributed by atoms with van der Waals surface area (Å²) >= 11 is 6.12. The standard InChI is InChI=1S/C24H28ClFN2O6S2/c1-17(9-14-35(3,30)31)27-23(29)24(26)10-12-28(13-11-24)36(32,33)22-8-7-20(34-2)16-21(22)18-5-4-6-19(25)15-18/h4-9,14-17H,10-13H2,1-3H3,(H,27,29)/b14-9-/t17-/m0/s1. The zero-order valence-corrected chi connectivity index (χ0v) is 22.5. The van der Waals surface area contributed by atoms with Gasteiger partial charge in [0.1, 0.15) is 5.75 Å². The number of halogens is 2. The lowest BCUT2D eigenvalue weighted by Crippen LogP contribution is -2.53. The van der Waals surface area contributed by atoms with Crippen LogP contribution in [0.2, 0.25) is 5.02 Å². The Hall–Kier alpha value is -2.47. The maximum Gasteiger partial charge on any atom is 0.258 e. The van der Waals surface area contributed by atoms with Crippen LogP contribution in [0.1, 0.15) is 19.8 Å². The van der Waals surface area contributed by atoms with Gasteiger partial charge in [0.15, 0.2) is 15.5 Å². The van der Waals surface area contributed by atoms with E-state index in [9.17, 15) is 21.6 Å². The monoisotopic (exact) mass is 558 g/mol. The summed E-state index contributed by atoms with van der Waals surface area (Å²) in [4.78, 5) is 12.6. The molecule has 2 aromatic carbocycles. The number of rotatable bonds is 8. The Labute approximate surface area is 216 Å². The summed E-state index contributed by atoms with van der Waals surface area (Å²) in [6.45, 7) is 1.10. The lowest BCUT2D eigenvalue weighted by atomic mass is 9.93. The fraction of sp³-hybridized carbons (Fsp3) is 0.375. The van der Waals surface area contributed by atoms with Gasteiger partial charge in [-0.3, -0.25) is 4.79 Å². The fourth-order valence-electron chi connectivity index (χ4n) is 3.83. The first kappa shape index (κ1) is 28.1. The van der Waals surface area contributed by atoms with Gasteiger partial charge in [0.25, 0.3) is 5.91 Å². The van der Waals surface area contributed by atoms with E-state index in [2.05, 4.69) is 5.32 Å². The molecule has 1 aliphatic rings. The number of carbonyl (C=O) groups excluding carboxylic acids is 1. The number of hydrogen-bond donors (Lipinski definition) is 1. The molecule has 1 saturated heterocycles. The zero-order chi connectivity index (χ0) is 26.7. The van der Waals surface area contributed by atoms with Gasteiger partial charge in [-0.15, -0.1) is 0 Å². The molecule has 0 aromatic heterocycles. The second-order valence-electron chi connectivity index (χ2n) is 8.66. The molecule has 2 aromatic rings. The van der Waals surface area contributed by atoms with E-state index in [0.717, 1.165) is 16.0 Å². The quantitative estimate of drug-likeness (QED) is 0.530. The molecule has 8 nitrogen and oxygen atoms in total. The SMILES string of the molecule is COc1ccc(S(=O)(=O)N2CCC(F)(C(=O)N[C@@H](C)/C=C\S(C)(=O)=O)CC2)c(-c2cccc(Cl)c2)c1. The molecule has 12 heteroatoms. The van der Waals surface area contributed by atoms with E-state index in [1.54, 1.807) is 30.3 Å². The molecule has 0 unspecified atom stereocenters. The molecule has 1 aliphatic heterocycles. The summed E-state index contributed by atoms with van der Waals surface area (Å²) in [5, 5.41) is 3.81. The van der Waals surface area contributed by atoms with E-state index in [0.29, 0.717) is 21.9 Å². The third-order valence-corrected chi connectivity index (χ3v) is 8.68. The van der Waals surface area contributed by atoms with E-state index in [1.807, 2.05) is 0 Å². The number of sulfone groups is 1. The molecule has 1 fully saturated rings. The number of nitrogens with one attached hydrogen (secondary N) is 1. The molecule has 36 heavy (non-hydrogen) atoms. The van der Waals surface area contributed by atoms with Gasteiger partial charge >= 0.3 is 0 Å². The average molecular weight is 559 g/mol. The van der Waals surface area contributed by atoms with E-state index in [1.165, 1.54) is 32.2 Å². The van der Waals surface area contributed by atoms with Crippen LogP contribution in [0.3, 0.4) is 0 Å². The number of amides is 1. The van der Waals surface area contributed by atoms with Gasteiger partial charge < -0.3 is 10.1 Å². The third-order valence-electron chi connectivity index (χ3n) is 5.84. The zero-order valence-electron chi connectivity index (χ0n) is 20.1. The summed E-state index contributed by atoms with van der Waals surface area (Å²) < 4.78 is 71.5. The topological polar surface area (TPSA) is 110 Å². The highest BCUT2D eigenvalue weighted by Gasteiger charge is 2.44. The molecule has 1 amide bonds. The second kappa shape index (κ2) is 10.9. The molecule has 0 bridgehead atoms. The highest BCUT2D eigenvalue weighted by molar-refractivity contribution is 7.93. The van der Waals surface area contributed by atoms with Crippen molar-refractivity contribution in [3.63, 3.8) is 0 Å². The summed E-state index contributed by atoms with van der Waals surface area (Å²) in [7, 11) is -5.96. The predicted octanol–water partition coefficient (Wildman–Crippen LogP) is 3.57. The van der Waals surface area contributed by atoms with Gasteiger partial charge in [-0.25, -0.2) is 21.2 Å². The minimum absolute atomic E-state index is 0.0147. The Kier molecular flexibility index (Phi) is 8.49. The van der Waals surface area contributed by atoms with E-state index >= 15 is 4.39 Å². The van der Waals surface area contributed by atoms with Crippen molar-refractivity contribution in [2.75, 3.05) is 26.5 Å². The molecule has 0 radical (unpaired) electrons. The van der Waals surface area contributed by atoms with E-state index in [4.69, 9.17) is 16.3 Å². The van der Waals surface area contributed by atoms with Crippen LogP contribution >= 0.6 is 11.6 Å². The number of methoxy groups -OCH3 is 1. The number of hydrogen-bond acceptors (Lipinski definition) is 6. The lowest BCUT2D eigenvalue weighted by Gasteiger charge is -2.35. The maximum atomic E-state index is 15.4. The van der Waals surface area contributed by atoms with Crippen LogP contribution < -0.4 is 10.1 Å². The summed E-state index contributed by atoms with van der Waals surface area (Å²) in [5.41, 5.74) is -1.32. The van der Waals surface area contributed by atoms with Gasteiger partial charge in [0.2, 0.25) is 10.0 Å². The van der Waals surface area contributed by atoms with Crippen molar-refractivity contribution in [1.82, 2.24) is 9.62 Å². The van der Waals surface area contributed by atoms with Gasteiger partial charge in [0.05, 0.1) is 12.0 Å². The van der Waals surface area contributed by atoms with Crippen LogP contribution in [-0.4, -0.2) is 65.2 Å². The van der Waals surface area contributed by atoms with E-state index in [-0.39, 0.29) is 30.8 Å². The Morgan fingerprint density at radius 3 is 2.42 bits per heavy atom. The van der Waals surface area contributed by atoms with Crippen molar-refractivity contribution in [1.29, 1.82) is 0 Å². The lowest BCUT2D eigenvalue weighted by molar-refractivity contribution is -0.135. The highest BCUT2D eigenvalue weighted by atomic mass is 35.5. The summed E-state index contributed by atoms with van der Waals surface area (Å²) in [6, 6.07) is 10.6. The van der Waals surface area contributed by atoms with Crippen LogP contribution in [0, 0.1) is 0 Å². The molecule has 0 saturated carbocycles. The first-order chi connectivity index (χ1) is 16.7. The molecule has 196 valence electrons.